The van der Waals surface area contributed by atoms with Crippen LogP contribution in [0.25, 0.3) is 21.9 Å². The van der Waals surface area contributed by atoms with Gasteiger partial charge in [-0.3, -0.25) is 9.69 Å². The molecule has 1 N–H and O–H groups in total. The Hall–Kier alpha value is -3.87. The molecule has 1 fully saturated rings. The zero-order valence-electron chi connectivity index (χ0n) is 22.9. The molecule has 1 heterocycles. The summed E-state index contributed by atoms with van der Waals surface area (Å²) in [6.07, 6.45) is 0. The zero-order chi connectivity index (χ0) is 27.2. The molecule has 0 atom stereocenters. The van der Waals surface area contributed by atoms with Crippen molar-refractivity contribution in [2.24, 2.45) is 0 Å². The number of ether oxygens (including phenoxy) is 3. The Morgan fingerprint density at radius 1 is 0.923 bits per heavy atom. The van der Waals surface area contributed by atoms with Crippen LogP contribution < -0.4 is 14.8 Å². The number of hydrogen-bond acceptors (Lipinski definition) is 5. The predicted molar refractivity (Wildman–Crippen MR) is 157 cm³/mol. The number of fused-ring (bicyclic) bond motifs is 1. The molecule has 0 unspecified atom stereocenters. The van der Waals surface area contributed by atoms with Crippen LogP contribution in [0.4, 0.5) is 5.69 Å². The molecule has 1 amide bonds. The number of methoxy groups -OCH3 is 1. The molecule has 1 aliphatic heterocycles. The summed E-state index contributed by atoms with van der Waals surface area (Å²) < 4.78 is 17.2. The van der Waals surface area contributed by atoms with E-state index in [0.29, 0.717) is 18.1 Å². The number of hydrogen-bond donors (Lipinski definition) is 1. The number of nitrogens with one attached hydrogen (secondary N) is 1. The van der Waals surface area contributed by atoms with Gasteiger partial charge in [-0.25, -0.2) is 0 Å². The van der Waals surface area contributed by atoms with Crippen molar-refractivity contribution in [1.82, 2.24) is 4.90 Å². The van der Waals surface area contributed by atoms with Crippen molar-refractivity contribution in [3.63, 3.8) is 0 Å². The highest BCUT2D eigenvalue weighted by Crippen LogP contribution is 2.35. The number of rotatable bonds is 9. The maximum absolute atomic E-state index is 13.4. The van der Waals surface area contributed by atoms with Crippen molar-refractivity contribution in [1.29, 1.82) is 0 Å². The molecule has 6 nitrogen and oxygen atoms in total. The lowest BCUT2D eigenvalue weighted by molar-refractivity contribution is 0.0323. The molecule has 0 radical (unpaired) electrons. The molecule has 6 heteroatoms. The molecule has 0 aliphatic carbocycles. The van der Waals surface area contributed by atoms with Gasteiger partial charge in [-0.15, -0.1) is 0 Å². The molecule has 0 saturated carbocycles. The number of amides is 1. The van der Waals surface area contributed by atoms with E-state index in [-0.39, 0.29) is 5.91 Å². The van der Waals surface area contributed by atoms with E-state index in [9.17, 15) is 4.79 Å². The Morgan fingerprint density at radius 2 is 1.69 bits per heavy atom. The average molecular weight is 525 g/mol. The van der Waals surface area contributed by atoms with Gasteiger partial charge in [0.05, 0.1) is 20.3 Å². The first kappa shape index (κ1) is 26.7. The number of anilines is 1. The van der Waals surface area contributed by atoms with Crippen molar-refractivity contribution in [2.75, 3.05) is 51.9 Å². The van der Waals surface area contributed by atoms with Crippen LogP contribution in [-0.2, 0) is 4.74 Å². The van der Waals surface area contributed by atoms with E-state index in [1.54, 1.807) is 7.11 Å². The highest BCUT2D eigenvalue weighted by atomic mass is 16.5. The third-order valence-electron chi connectivity index (χ3n) is 7.23. The molecule has 0 spiro atoms. The van der Waals surface area contributed by atoms with E-state index in [1.165, 1.54) is 5.56 Å². The number of carbonyl (C=O) groups is 1. The van der Waals surface area contributed by atoms with Crippen LogP contribution in [0.2, 0.25) is 0 Å². The second-order valence-corrected chi connectivity index (χ2v) is 10.1. The first-order valence-corrected chi connectivity index (χ1v) is 13.6. The van der Waals surface area contributed by atoms with Crippen molar-refractivity contribution in [3.05, 3.63) is 90.0 Å². The predicted octanol–water partition coefficient (Wildman–Crippen LogP) is 6.60. The Morgan fingerprint density at radius 3 is 2.46 bits per heavy atom. The van der Waals surface area contributed by atoms with Crippen LogP contribution in [0.3, 0.4) is 0 Å². The van der Waals surface area contributed by atoms with Crippen LogP contribution in [-0.4, -0.2) is 57.4 Å². The first-order chi connectivity index (χ1) is 19.0. The van der Waals surface area contributed by atoms with Gasteiger partial charge in [0.15, 0.2) is 0 Å². The summed E-state index contributed by atoms with van der Waals surface area (Å²) in [5.41, 5.74) is 4.47. The van der Waals surface area contributed by atoms with Crippen molar-refractivity contribution in [2.45, 2.75) is 19.8 Å². The van der Waals surface area contributed by atoms with Crippen molar-refractivity contribution < 1.29 is 19.0 Å². The fourth-order valence-corrected chi connectivity index (χ4v) is 4.95. The van der Waals surface area contributed by atoms with Gasteiger partial charge < -0.3 is 19.5 Å². The number of morpholine rings is 1. The maximum Gasteiger partial charge on any atom is 0.255 e. The fraction of sp³-hybridized carbons (Fsp3) is 0.303. The molecular weight excluding hydrogens is 488 g/mol. The lowest BCUT2D eigenvalue weighted by atomic mass is 9.95. The monoisotopic (exact) mass is 524 g/mol. The minimum absolute atomic E-state index is 0.165. The van der Waals surface area contributed by atoms with E-state index >= 15 is 0 Å². The largest absolute Gasteiger partial charge is 0.496 e. The van der Waals surface area contributed by atoms with Crippen LogP contribution in [0.5, 0.6) is 11.5 Å². The number of carbonyl (C=O) groups excluding carboxylic acids is 1. The van der Waals surface area contributed by atoms with Gasteiger partial charge in [0.25, 0.3) is 5.91 Å². The van der Waals surface area contributed by atoms with Crippen molar-refractivity contribution in [3.8, 4) is 22.6 Å². The van der Waals surface area contributed by atoms with Gasteiger partial charge in [-0.2, -0.15) is 0 Å². The normalized spacial score (nSPS) is 13.9. The van der Waals surface area contributed by atoms with Crippen LogP contribution >= 0.6 is 0 Å². The molecule has 1 saturated heterocycles. The minimum atomic E-state index is -0.165. The Labute approximate surface area is 230 Å². The number of nitrogens with zero attached hydrogens (tertiary/aromatic N) is 1. The Kier molecular flexibility index (Phi) is 8.45. The molecule has 39 heavy (non-hydrogen) atoms. The summed E-state index contributed by atoms with van der Waals surface area (Å²) >= 11 is 0. The van der Waals surface area contributed by atoms with Gasteiger partial charge in [0.2, 0.25) is 0 Å². The molecule has 1 aliphatic rings. The SMILES string of the molecule is COc1ccc(C(C)C)cc1-c1cccc(C(=O)Nc2ccc(OCCN3CCOCC3)c3ccccc23)c1. The lowest BCUT2D eigenvalue weighted by Crippen LogP contribution is -2.38. The standard InChI is InChI=1S/C33H36N2O4/c1-23(2)24-11-13-31(37-3)29(22-24)25-7-6-8-26(21-25)33(36)34-30-12-14-32(28-10-5-4-9-27(28)30)39-20-17-35-15-18-38-19-16-35/h4-14,21-23H,15-20H2,1-3H3,(H,34,36). The summed E-state index contributed by atoms with van der Waals surface area (Å²) in [7, 11) is 1.67. The summed E-state index contributed by atoms with van der Waals surface area (Å²) in [4.78, 5) is 15.8. The van der Waals surface area contributed by atoms with E-state index in [0.717, 1.165) is 71.9 Å². The van der Waals surface area contributed by atoms with Crippen LogP contribution in [0.1, 0.15) is 35.7 Å². The highest BCUT2D eigenvalue weighted by Gasteiger charge is 2.15. The highest BCUT2D eigenvalue weighted by molar-refractivity contribution is 6.10. The Balaban J connectivity index is 1.35. The number of benzene rings is 4. The Bertz CT molecular complexity index is 1440. The first-order valence-electron chi connectivity index (χ1n) is 13.6. The molecule has 4 aromatic rings. The maximum atomic E-state index is 13.4. The molecule has 4 aromatic carbocycles. The topological polar surface area (TPSA) is 60.0 Å². The van der Waals surface area contributed by atoms with E-state index in [4.69, 9.17) is 14.2 Å². The molecule has 5 rings (SSSR count). The van der Waals surface area contributed by atoms with Crippen LogP contribution in [0, 0.1) is 0 Å². The molecular formula is C33H36N2O4. The van der Waals surface area contributed by atoms with Gasteiger partial charge in [0, 0.05) is 47.2 Å². The van der Waals surface area contributed by atoms with E-state index < -0.39 is 0 Å². The summed E-state index contributed by atoms with van der Waals surface area (Å²) in [5.74, 6) is 1.82. The smallest absolute Gasteiger partial charge is 0.255 e. The second kappa shape index (κ2) is 12.3. The van der Waals surface area contributed by atoms with E-state index in [1.807, 2.05) is 66.7 Å². The zero-order valence-corrected chi connectivity index (χ0v) is 22.9. The summed E-state index contributed by atoms with van der Waals surface area (Å²) in [5, 5.41) is 5.04. The van der Waals surface area contributed by atoms with E-state index in [2.05, 4.69) is 36.2 Å². The fourth-order valence-electron chi connectivity index (χ4n) is 4.95. The van der Waals surface area contributed by atoms with Gasteiger partial charge >= 0.3 is 0 Å². The molecule has 0 bridgehead atoms. The summed E-state index contributed by atoms with van der Waals surface area (Å²) in [6, 6.07) is 25.8. The third kappa shape index (κ3) is 6.24. The van der Waals surface area contributed by atoms with Gasteiger partial charge in [0.1, 0.15) is 18.1 Å². The minimum Gasteiger partial charge on any atom is -0.496 e. The van der Waals surface area contributed by atoms with Crippen LogP contribution in [0.15, 0.2) is 78.9 Å². The lowest BCUT2D eigenvalue weighted by Gasteiger charge is -2.26. The van der Waals surface area contributed by atoms with Gasteiger partial charge in [-0.1, -0.05) is 56.3 Å². The molecule has 202 valence electrons. The third-order valence-corrected chi connectivity index (χ3v) is 7.23. The van der Waals surface area contributed by atoms with Crippen molar-refractivity contribution >= 4 is 22.4 Å². The average Bonchev–Trinajstić information content (AvgIpc) is 2.98. The van der Waals surface area contributed by atoms with Gasteiger partial charge in [-0.05, 0) is 53.4 Å². The molecule has 0 aromatic heterocycles. The quantitative estimate of drug-likeness (QED) is 0.267. The second-order valence-electron chi connectivity index (χ2n) is 10.1. The summed E-state index contributed by atoms with van der Waals surface area (Å²) in [6.45, 7) is 9.22.